The summed E-state index contributed by atoms with van der Waals surface area (Å²) in [5, 5.41) is 0. The fraction of sp³-hybridized carbons (Fsp3) is 0.611. The summed E-state index contributed by atoms with van der Waals surface area (Å²) in [6, 6.07) is 8.67. The topological polar surface area (TPSA) is 67.6 Å². The van der Waals surface area contributed by atoms with Crippen LogP contribution in [0, 0.1) is 12.8 Å². The van der Waals surface area contributed by atoms with E-state index in [0.717, 1.165) is 19.4 Å². The Morgan fingerprint density at radius 3 is 2.61 bits per heavy atom. The Labute approximate surface area is 139 Å². The van der Waals surface area contributed by atoms with Crippen LogP contribution in [0.2, 0.25) is 0 Å². The molecule has 128 valence electrons. The van der Waals surface area contributed by atoms with E-state index < -0.39 is 5.60 Å². The minimum Gasteiger partial charge on any atom is -0.444 e. The second-order valence-corrected chi connectivity index (χ2v) is 7.44. The summed E-state index contributed by atoms with van der Waals surface area (Å²) in [5.41, 5.74) is 4.99. The number of nitrogens with one attached hydrogen (secondary N) is 1. The molecule has 5 nitrogen and oxygen atoms in total. The lowest BCUT2D eigenvalue weighted by atomic mass is 9.93. The summed E-state index contributed by atoms with van der Waals surface area (Å²) < 4.78 is 5.45. The molecule has 23 heavy (non-hydrogen) atoms. The largest absolute Gasteiger partial charge is 0.444 e. The van der Waals surface area contributed by atoms with Gasteiger partial charge in [0.2, 0.25) is 0 Å². The number of likely N-dealkylation sites (tertiary alicyclic amines) is 1. The molecule has 3 N–H and O–H groups in total. The van der Waals surface area contributed by atoms with Crippen molar-refractivity contribution < 1.29 is 9.53 Å². The zero-order valence-corrected chi connectivity index (χ0v) is 14.6. The zero-order chi connectivity index (χ0) is 17.0. The van der Waals surface area contributed by atoms with Crippen molar-refractivity contribution in [1.29, 1.82) is 0 Å². The lowest BCUT2D eigenvalue weighted by molar-refractivity contribution is 0.0285. The molecule has 2 atom stereocenters. The van der Waals surface area contributed by atoms with Crippen LogP contribution < -0.4 is 11.3 Å². The molecule has 1 aliphatic rings. The molecule has 1 aromatic rings. The number of rotatable bonds is 4. The molecular weight excluding hydrogens is 290 g/mol. The third-order valence-electron chi connectivity index (χ3n) is 4.24. The molecule has 1 aromatic carbocycles. The fourth-order valence-electron chi connectivity index (χ4n) is 2.95. The van der Waals surface area contributed by atoms with Crippen LogP contribution in [-0.2, 0) is 11.2 Å². The van der Waals surface area contributed by atoms with Crippen molar-refractivity contribution in [2.75, 3.05) is 13.1 Å². The Hall–Kier alpha value is -1.59. The van der Waals surface area contributed by atoms with Gasteiger partial charge in [-0.2, -0.15) is 0 Å². The summed E-state index contributed by atoms with van der Waals surface area (Å²) in [6.45, 7) is 9.17. The number of carbonyl (C=O) groups is 1. The predicted octanol–water partition coefficient (Wildman–Crippen LogP) is 2.63. The first kappa shape index (κ1) is 17.8. The Balaban J connectivity index is 1.93. The van der Waals surface area contributed by atoms with Crippen LogP contribution in [0.25, 0.3) is 0 Å². The van der Waals surface area contributed by atoms with Crippen LogP contribution in [-0.4, -0.2) is 35.7 Å². The fourth-order valence-corrected chi connectivity index (χ4v) is 2.95. The van der Waals surface area contributed by atoms with E-state index in [1.165, 1.54) is 11.1 Å². The van der Waals surface area contributed by atoms with Gasteiger partial charge in [-0.05, 0) is 52.0 Å². The molecule has 0 aromatic heterocycles. The number of amides is 1. The van der Waals surface area contributed by atoms with Crippen LogP contribution >= 0.6 is 0 Å². The Kier molecular flexibility index (Phi) is 5.65. The minimum absolute atomic E-state index is 0.158. The van der Waals surface area contributed by atoms with Crippen molar-refractivity contribution in [2.24, 2.45) is 11.8 Å². The molecular formula is C18H29N3O2. The molecule has 0 aliphatic carbocycles. The predicted molar refractivity (Wildman–Crippen MR) is 91.9 cm³/mol. The Morgan fingerprint density at radius 1 is 1.39 bits per heavy atom. The van der Waals surface area contributed by atoms with Crippen molar-refractivity contribution in [1.82, 2.24) is 10.3 Å². The normalized spacial score (nSPS) is 19.7. The number of nitrogens with two attached hydrogens (primary N) is 1. The highest BCUT2D eigenvalue weighted by atomic mass is 16.6. The highest BCUT2D eigenvalue weighted by molar-refractivity contribution is 5.68. The summed E-state index contributed by atoms with van der Waals surface area (Å²) in [5.74, 6) is 6.11. The molecule has 0 bridgehead atoms. The standard InChI is InChI=1S/C18H29N3O2/c1-13-5-7-14(8-6-13)11-16(20-19)15-9-10-21(12-15)17(22)23-18(2,3)4/h5-8,15-16,20H,9-12,19H2,1-4H3. The summed E-state index contributed by atoms with van der Waals surface area (Å²) >= 11 is 0. The van der Waals surface area contributed by atoms with E-state index in [9.17, 15) is 4.79 Å². The van der Waals surface area contributed by atoms with Gasteiger partial charge in [-0.1, -0.05) is 29.8 Å². The number of hydrazine groups is 1. The van der Waals surface area contributed by atoms with E-state index in [1.54, 1.807) is 4.90 Å². The molecule has 0 spiro atoms. The molecule has 0 radical (unpaired) electrons. The van der Waals surface area contributed by atoms with E-state index in [4.69, 9.17) is 10.6 Å². The minimum atomic E-state index is -0.456. The first-order valence-corrected chi connectivity index (χ1v) is 8.28. The average molecular weight is 319 g/mol. The van der Waals surface area contributed by atoms with Gasteiger partial charge in [0.15, 0.2) is 0 Å². The maximum absolute atomic E-state index is 12.2. The summed E-state index contributed by atoms with van der Waals surface area (Å²) in [4.78, 5) is 14.0. The first-order valence-electron chi connectivity index (χ1n) is 8.28. The van der Waals surface area contributed by atoms with Gasteiger partial charge in [-0.15, -0.1) is 0 Å². The van der Waals surface area contributed by atoms with Crippen LogP contribution in [0.5, 0.6) is 0 Å². The number of carbonyl (C=O) groups excluding carboxylic acids is 1. The van der Waals surface area contributed by atoms with Gasteiger partial charge in [-0.3, -0.25) is 11.3 Å². The lowest BCUT2D eigenvalue weighted by Gasteiger charge is -2.26. The third-order valence-corrected chi connectivity index (χ3v) is 4.24. The van der Waals surface area contributed by atoms with Crippen molar-refractivity contribution in [3.8, 4) is 0 Å². The molecule has 1 fully saturated rings. The number of benzene rings is 1. The number of ether oxygens (including phenoxy) is 1. The smallest absolute Gasteiger partial charge is 0.410 e. The average Bonchev–Trinajstić information content (AvgIpc) is 2.94. The molecule has 0 saturated carbocycles. The summed E-state index contributed by atoms with van der Waals surface area (Å²) in [7, 11) is 0. The van der Waals surface area contributed by atoms with Gasteiger partial charge in [-0.25, -0.2) is 4.79 Å². The summed E-state index contributed by atoms with van der Waals surface area (Å²) in [6.07, 6.45) is 1.58. The molecule has 2 unspecified atom stereocenters. The number of aryl methyl sites for hydroxylation is 1. The maximum Gasteiger partial charge on any atom is 0.410 e. The molecule has 2 rings (SSSR count). The first-order chi connectivity index (χ1) is 10.8. The van der Waals surface area contributed by atoms with Crippen molar-refractivity contribution in [3.63, 3.8) is 0 Å². The maximum atomic E-state index is 12.2. The second-order valence-electron chi connectivity index (χ2n) is 7.44. The van der Waals surface area contributed by atoms with Crippen molar-refractivity contribution >= 4 is 6.09 Å². The van der Waals surface area contributed by atoms with Crippen LogP contribution in [0.4, 0.5) is 4.79 Å². The van der Waals surface area contributed by atoms with Crippen molar-refractivity contribution in [3.05, 3.63) is 35.4 Å². The third kappa shape index (κ3) is 5.22. The Bertz CT molecular complexity index is 522. The molecule has 1 saturated heterocycles. The highest BCUT2D eigenvalue weighted by Gasteiger charge is 2.33. The molecule has 1 amide bonds. The van der Waals surface area contributed by atoms with E-state index >= 15 is 0 Å². The number of hydrogen-bond acceptors (Lipinski definition) is 4. The van der Waals surface area contributed by atoms with Gasteiger partial charge in [0.25, 0.3) is 0 Å². The van der Waals surface area contributed by atoms with E-state index in [2.05, 4.69) is 36.6 Å². The quantitative estimate of drug-likeness (QED) is 0.661. The van der Waals surface area contributed by atoms with Crippen LogP contribution in [0.3, 0.4) is 0 Å². The van der Waals surface area contributed by atoms with Crippen LogP contribution in [0.15, 0.2) is 24.3 Å². The van der Waals surface area contributed by atoms with E-state index in [1.807, 2.05) is 20.8 Å². The monoisotopic (exact) mass is 319 g/mol. The number of nitrogens with zero attached hydrogens (tertiary/aromatic N) is 1. The van der Waals surface area contributed by atoms with E-state index in [0.29, 0.717) is 12.5 Å². The Morgan fingerprint density at radius 2 is 2.04 bits per heavy atom. The lowest BCUT2D eigenvalue weighted by Crippen LogP contribution is -2.44. The number of hydrogen-bond donors (Lipinski definition) is 2. The molecule has 1 heterocycles. The molecule has 1 aliphatic heterocycles. The van der Waals surface area contributed by atoms with Gasteiger partial charge in [0, 0.05) is 19.1 Å². The SMILES string of the molecule is Cc1ccc(CC(NN)C2CCN(C(=O)OC(C)(C)C)C2)cc1. The van der Waals surface area contributed by atoms with Gasteiger partial charge in [0.05, 0.1) is 0 Å². The second kappa shape index (κ2) is 7.32. The van der Waals surface area contributed by atoms with Crippen LogP contribution in [0.1, 0.15) is 38.3 Å². The molecule has 5 heteroatoms. The highest BCUT2D eigenvalue weighted by Crippen LogP contribution is 2.24. The van der Waals surface area contributed by atoms with Crippen molar-refractivity contribution in [2.45, 2.75) is 52.2 Å². The van der Waals surface area contributed by atoms with Gasteiger partial charge < -0.3 is 9.64 Å². The van der Waals surface area contributed by atoms with Gasteiger partial charge >= 0.3 is 6.09 Å². The van der Waals surface area contributed by atoms with Gasteiger partial charge in [0.1, 0.15) is 5.60 Å². The zero-order valence-electron chi connectivity index (χ0n) is 14.6. The van der Waals surface area contributed by atoms with E-state index in [-0.39, 0.29) is 12.1 Å².